The molecule has 1 aromatic rings. The fourth-order valence-electron chi connectivity index (χ4n) is 1.33. The van der Waals surface area contributed by atoms with Gasteiger partial charge in [0.1, 0.15) is 5.70 Å². The van der Waals surface area contributed by atoms with Crippen molar-refractivity contribution in [2.75, 3.05) is 6.61 Å². The van der Waals surface area contributed by atoms with E-state index in [1.54, 1.807) is 0 Å². The Labute approximate surface area is 101 Å². The molecule has 4 nitrogen and oxygen atoms in total. The Bertz CT molecular complexity index is 362. The summed E-state index contributed by atoms with van der Waals surface area (Å²) in [4.78, 5) is 15.3. The third-order valence-electron chi connectivity index (χ3n) is 2.26. The Morgan fingerprint density at radius 3 is 2.65 bits per heavy atom. The zero-order valence-corrected chi connectivity index (χ0v) is 9.69. The molecule has 0 aliphatic carbocycles. The van der Waals surface area contributed by atoms with E-state index in [0.29, 0.717) is 6.61 Å². The van der Waals surface area contributed by atoms with Gasteiger partial charge in [0.25, 0.3) is 0 Å². The fraction of sp³-hybridized carbons (Fsp3) is 0.308. The quantitative estimate of drug-likeness (QED) is 0.411. The molecule has 0 aromatic heterocycles. The van der Waals surface area contributed by atoms with Crippen molar-refractivity contribution in [2.45, 2.75) is 19.3 Å². The van der Waals surface area contributed by atoms with Gasteiger partial charge >= 0.3 is 5.97 Å². The maximum atomic E-state index is 10.4. The van der Waals surface area contributed by atoms with Crippen LogP contribution < -0.4 is 5.48 Å². The molecule has 0 unspecified atom stereocenters. The van der Waals surface area contributed by atoms with Gasteiger partial charge in [-0.1, -0.05) is 36.9 Å². The molecule has 0 saturated heterocycles. The lowest BCUT2D eigenvalue weighted by Crippen LogP contribution is -2.20. The Morgan fingerprint density at radius 2 is 2.00 bits per heavy atom. The van der Waals surface area contributed by atoms with E-state index < -0.39 is 5.97 Å². The molecule has 0 heterocycles. The summed E-state index contributed by atoms with van der Waals surface area (Å²) in [5.74, 6) is -1.10. The lowest BCUT2D eigenvalue weighted by atomic mass is 10.1. The van der Waals surface area contributed by atoms with Crippen LogP contribution in [0.1, 0.15) is 18.4 Å². The van der Waals surface area contributed by atoms with Crippen LogP contribution in [0.3, 0.4) is 0 Å². The maximum absolute atomic E-state index is 10.4. The van der Waals surface area contributed by atoms with E-state index in [9.17, 15) is 4.79 Å². The minimum absolute atomic E-state index is 0.145. The van der Waals surface area contributed by atoms with Crippen molar-refractivity contribution >= 4 is 5.97 Å². The molecular formula is C13H17NO3. The van der Waals surface area contributed by atoms with Crippen LogP contribution in [-0.2, 0) is 16.1 Å². The highest BCUT2D eigenvalue weighted by molar-refractivity contribution is 5.84. The van der Waals surface area contributed by atoms with Crippen LogP contribution in [0.15, 0.2) is 42.6 Å². The van der Waals surface area contributed by atoms with Crippen LogP contribution in [0.4, 0.5) is 0 Å². The minimum atomic E-state index is -1.10. The van der Waals surface area contributed by atoms with Gasteiger partial charge in [-0.25, -0.2) is 4.79 Å². The second-order valence-electron chi connectivity index (χ2n) is 3.68. The van der Waals surface area contributed by atoms with Crippen molar-refractivity contribution in [1.82, 2.24) is 5.48 Å². The molecule has 1 aromatic carbocycles. The average Bonchev–Trinajstić information content (AvgIpc) is 2.34. The Kier molecular flexibility index (Phi) is 5.82. The molecular weight excluding hydrogens is 218 g/mol. The number of aliphatic carboxylic acids is 1. The highest BCUT2D eigenvalue weighted by Crippen LogP contribution is 2.04. The van der Waals surface area contributed by atoms with E-state index in [1.807, 2.05) is 18.2 Å². The predicted molar refractivity (Wildman–Crippen MR) is 65.2 cm³/mol. The summed E-state index contributed by atoms with van der Waals surface area (Å²) in [6.45, 7) is 3.76. The van der Waals surface area contributed by atoms with Crippen LogP contribution in [0, 0.1) is 0 Å². The molecule has 2 N–H and O–H groups in total. The van der Waals surface area contributed by atoms with Crippen molar-refractivity contribution in [1.29, 1.82) is 0 Å². The van der Waals surface area contributed by atoms with Gasteiger partial charge in [-0.05, 0) is 24.8 Å². The summed E-state index contributed by atoms with van der Waals surface area (Å²) < 4.78 is 0. The van der Waals surface area contributed by atoms with E-state index in [1.165, 1.54) is 5.56 Å². The van der Waals surface area contributed by atoms with E-state index >= 15 is 0 Å². The molecule has 92 valence electrons. The summed E-state index contributed by atoms with van der Waals surface area (Å²) >= 11 is 0. The number of benzene rings is 1. The van der Waals surface area contributed by atoms with Crippen LogP contribution in [0.2, 0.25) is 0 Å². The number of hydrogen-bond donors (Lipinski definition) is 2. The molecule has 1 rings (SSSR count). The van der Waals surface area contributed by atoms with Crippen molar-refractivity contribution in [3.05, 3.63) is 48.2 Å². The van der Waals surface area contributed by atoms with E-state index in [4.69, 9.17) is 9.94 Å². The average molecular weight is 235 g/mol. The minimum Gasteiger partial charge on any atom is -0.477 e. The van der Waals surface area contributed by atoms with Gasteiger partial charge in [0.15, 0.2) is 0 Å². The third-order valence-corrected chi connectivity index (χ3v) is 2.26. The summed E-state index contributed by atoms with van der Waals surface area (Å²) in [6.07, 6.45) is 2.88. The monoisotopic (exact) mass is 235 g/mol. The number of unbranched alkanes of at least 4 members (excludes halogenated alkanes) is 1. The largest absolute Gasteiger partial charge is 0.477 e. The second kappa shape index (κ2) is 7.46. The van der Waals surface area contributed by atoms with E-state index in [2.05, 4.69) is 24.2 Å². The molecule has 0 fully saturated rings. The number of aryl methyl sites for hydroxylation is 1. The zero-order chi connectivity index (χ0) is 12.5. The summed E-state index contributed by atoms with van der Waals surface area (Å²) in [7, 11) is 0. The molecule has 0 amide bonds. The first-order chi connectivity index (χ1) is 8.20. The Morgan fingerprint density at radius 1 is 1.29 bits per heavy atom. The van der Waals surface area contributed by atoms with Gasteiger partial charge < -0.3 is 5.11 Å². The standard InChI is InChI=1S/C13H17NO3/c1-11(13(15)16)14-17-10-6-5-9-12-7-3-2-4-8-12/h2-4,7-8,14H,1,5-6,9-10H2,(H,15,16). The van der Waals surface area contributed by atoms with E-state index in [-0.39, 0.29) is 5.70 Å². The first-order valence-electron chi connectivity index (χ1n) is 5.54. The van der Waals surface area contributed by atoms with Crippen LogP contribution >= 0.6 is 0 Å². The number of carbonyl (C=O) groups is 1. The lowest BCUT2D eigenvalue weighted by Gasteiger charge is -2.06. The first-order valence-corrected chi connectivity index (χ1v) is 5.54. The number of hydrogen-bond acceptors (Lipinski definition) is 3. The molecule has 0 radical (unpaired) electrons. The van der Waals surface area contributed by atoms with Gasteiger partial charge in [-0.15, -0.1) is 0 Å². The van der Waals surface area contributed by atoms with Crippen molar-refractivity contribution < 1.29 is 14.7 Å². The van der Waals surface area contributed by atoms with Crippen molar-refractivity contribution in [3.63, 3.8) is 0 Å². The third kappa shape index (κ3) is 5.73. The van der Waals surface area contributed by atoms with Gasteiger partial charge in [0.2, 0.25) is 0 Å². The summed E-state index contributed by atoms with van der Waals surface area (Å²) in [6, 6.07) is 10.2. The van der Waals surface area contributed by atoms with Crippen LogP contribution in [-0.4, -0.2) is 17.7 Å². The molecule has 0 aliphatic rings. The Balaban J connectivity index is 2.02. The SMILES string of the molecule is C=C(NOCCCCc1ccccc1)C(=O)O. The highest BCUT2D eigenvalue weighted by Gasteiger charge is 2.01. The molecule has 0 atom stereocenters. The normalized spacial score (nSPS) is 9.88. The number of nitrogens with one attached hydrogen (secondary N) is 1. The lowest BCUT2D eigenvalue weighted by molar-refractivity contribution is -0.134. The molecule has 0 bridgehead atoms. The van der Waals surface area contributed by atoms with Gasteiger partial charge in [0.05, 0.1) is 6.61 Å². The number of rotatable bonds is 8. The summed E-state index contributed by atoms with van der Waals surface area (Å²) in [5.41, 5.74) is 3.44. The van der Waals surface area contributed by atoms with E-state index in [0.717, 1.165) is 19.3 Å². The van der Waals surface area contributed by atoms with Crippen molar-refractivity contribution in [3.8, 4) is 0 Å². The predicted octanol–water partition coefficient (Wildman–Crippen LogP) is 2.13. The number of carboxylic acids is 1. The fourth-order valence-corrected chi connectivity index (χ4v) is 1.33. The van der Waals surface area contributed by atoms with Gasteiger partial charge in [-0.3, -0.25) is 10.3 Å². The van der Waals surface area contributed by atoms with Crippen molar-refractivity contribution in [2.24, 2.45) is 0 Å². The first kappa shape index (κ1) is 13.3. The number of hydroxylamine groups is 1. The smallest absolute Gasteiger partial charge is 0.353 e. The second-order valence-corrected chi connectivity index (χ2v) is 3.68. The molecule has 0 aliphatic heterocycles. The Hall–Kier alpha value is -1.81. The number of carboxylic acid groups (broad SMARTS) is 1. The molecule has 17 heavy (non-hydrogen) atoms. The van der Waals surface area contributed by atoms with Gasteiger partial charge in [-0.2, -0.15) is 0 Å². The summed E-state index contributed by atoms with van der Waals surface area (Å²) in [5, 5.41) is 8.49. The van der Waals surface area contributed by atoms with Gasteiger partial charge in [0, 0.05) is 0 Å². The molecule has 4 heteroatoms. The molecule has 0 saturated carbocycles. The van der Waals surface area contributed by atoms with Crippen LogP contribution in [0.25, 0.3) is 0 Å². The maximum Gasteiger partial charge on any atom is 0.353 e. The van der Waals surface area contributed by atoms with Crippen LogP contribution in [0.5, 0.6) is 0 Å². The zero-order valence-electron chi connectivity index (χ0n) is 9.69. The molecule has 0 spiro atoms. The highest BCUT2D eigenvalue weighted by atomic mass is 16.6. The topological polar surface area (TPSA) is 58.6 Å².